The third-order valence-electron chi connectivity index (χ3n) is 2.32. The van der Waals surface area contributed by atoms with Crippen molar-refractivity contribution in [3.8, 4) is 0 Å². The molecular weight excluding hydrogens is 206 g/mol. The van der Waals surface area contributed by atoms with Gasteiger partial charge in [0.05, 0.1) is 11.5 Å². The highest BCUT2D eigenvalue weighted by atomic mass is 16.6. The lowest BCUT2D eigenvalue weighted by Gasteiger charge is -2.09. The van der Waals surface area contributed by atoms with E-state index in [-0.39, 0.29) is 10.6 Å². The monoisotopic (exact) mass is 223 g/mol. The van der Waals surface area contributed by atoms with E-state index in [4.69, 9.17) is 4.74 Å². The predicted octanol–water partition coefficient (Wildman–Crippen LogP) is 3.08. The van der Waals surface area contributed by atoms with Crippen LogP contribution in [0.5, 0.6) is 0 Å². The second-order valence-electron chi connectivity index (χ2n) is 4.23. The number of rotatable bonds is 5. The molecule has 0 fully saturated rings. The fourth-order valence-corrected chi connectivity index (χ4v) is 1.43. The molecule has 0 aliphatic rings. The summed E-state index contributed by atoms with van der Waals surface area (Å²) >= 11 is 0. The molecule has 1 aromatic carbocycles. The van der Waals surface area contributed by atoms with Crippen LogP contribution in [0.1, 0.15) is 25.0 Å². The van der Waals surface area contributed by atoms with Crippen LogP contribution >= 0.6 is 0 Å². The summed E-state index contributed by atoms with van der Waals surface area (Å²) in [7, 11) is 0. The molecule has 4 heteroatoms. The van der Waals surface area contributed by atoms with E-state index >= 15 is 0 Å². The molecule has 1 rings (SSSR count). The number of hydrogen-bond donors (Lipinski definition) is 0. The lowest BCUT2D eigenvalue weighted by atomic mass is 10.1. The van der Waals surface area contributed by atoms with Crippen LogP contribution in [0.4, 0.5) is 5.69 Å². The Labute approximate surface area is 95.4 Å². The highest BCUT2D eigenvalue weighted by Crippen LogP contribution is 2.21. The fourth-order valence-electron chi connectivity index (χ4n) is 1.43. The Bertz CT molecular complexity index is 375. The number of nitro groups is 1. The van der Waals surface area contributed by atoms with Crippen molar-refractivity contribution in [2.24, 2.45) is 5.92 Å². The Hall–Kier alpha value is -1.42. The average Bonchev–Trinajstić information content (AvgIpc) is 2.19. The van der Waals surface area contributed by atoms with E-state index in [2.05, 4.69) is 13.8 Å². The van der Waals surface area contributed by atoms with Crippen molar-refractivity contribution >= 4 is 5.69 Å². The van der Waals surface area contributed by atoms with Crippen molar-refractivity contribution in [1.82, 2.24) is 0 Å². The molecule has 0 saturated heterocycles. The van der Waals surface area contributed by atoms with E-state index in [1.165, 1.54) is 6.07 Å². The third-order valence-corrected chi connectivity index (χ3v) is 2.32. The van der Waals surface area contributed by atoms with E-state index in [1.54, 1.807) is 13.0 Å². The minimum Gasteiger partial charge on any atom is -0.376 e. The van der Waals surface area contributed by atoms with Gasteiger partial charge in [-0.1, -0.05) is 26.0 Å². The first kappa shape index (κ1) is 12.6. The number of benzene rings is 1. The van der Waals surface area contributed by atoms with Crippen molar-refractivity contribution in [3.05, 3.63) is 39.4 Å². The smallest absolute Gasteiger partial charge is 0.272 e. The molecule has 0 aromatic heterocycles. The Morgan fingerprint density at radius 1 is 1.44 bits per heavy atom. The third kappa shape index (κ3) is 3.31. The number of nitrogens with zero attached hydrogens (tertiary/aromatic N) is 1. The van der Waals surface area contributed by atoms with Gasteiger partial charge in [-0.05, 0) is 18.4 Å². The summed E-state index contributed by atoms with van der Waals surface area (Å²) in [6, 6.07) is 5.07. The van der Waals surface area contributed by atoms with Crippen molar-refractivity contribution in [2.45, 2.75) is 27.4 Å². The average molecular weight is 223 g/mol. The lowest BCUT2D eigenvalue weighted by Crippen LogP contribution is -2.04. The van der Waals surface area contributed by atoms with Gasteiger partial charge in [0.25, 0.3) is 5.69 Å². The van der Waals surface area contributed by atoms with Crippen LogP contribution in [0.25, 0.3) is 0 Å². The Kier molecular flexibility index (Phi) is 4.43. The molecule has 0 radical (unpaired) electrons. The highest BCUT2D eigenvalue weighted by Gasteiger charge is 2.12. The molecule has 0 aliphatic carbocycles. The summed E-state index contributed by atoms with van der Waals surface area (Å²) in [4.78, 5) is 10.4. The molecule has 0 bridgehead atoms. The van der Waals surface area contributed by atoms with Gasteiger partial charge in [-0.25, -0.2) is 0 Å². The van der Waals surface area contributed by atoms with Gasteiger partial charge in [0.2, 0.25) is 0 Å². The minimum atomic E-state index is -0.360. The quantitative estimate of drug-likeness (QED) is 0.569. The molecule has 0 unspecified atom stereocenters. The fraction of sp³-hybridized carbons (Fsp3) is 0.500. The number of hydrogen-bond acceptors (Lipinski definition) is 3. The second kappa shape index (κ2) is 5.61. The standard InChI is InChI=1S/C12H17NO3/c1-9(2)7-16-8-11-5-4-6-12(10(11)3)13(14)15/h4-6,9H,7-8H2,1-3H3. The van der Waals surface area contributed by atoms with Gasteiger partial charge < -0.3 is 4.74 Å². The van der Waals surface area contributed by atoms with Crippen molar-refractivity contribution in [1.29, 1.82) is 0 Å². The van der Waals surface area contributed by atoms with Crippen LogP contribution in [0.3, 0.4) is 0 Å². The molecule has 4 nitrogen and oxygen atoms in total. The first-order valence-corrected chi connectivity index (χ1v) is 5.33. The number of ether oxygens (including phenoxy) is 1. The topological polar surface area (TPSA) is 52.4 Å². The molecule has 0 saturated carbocycles. The SMILES string of the molecule is Cc1c(COCC(C)C)cccc1[N+](=O)[O-]. The predicted molar refractivity (Wildman–Crippen MR) is 62.3 cm³/mol. The summed E-state index contributed by atoms with van der Waals surface area (Å²) in [5.41, 5.74) is 1.73. The molecular formula is C12H17NO3. The number of nitro benzene ring substituents is 1. The van der Waals surface area contributed by atoms with Crippen LogP contribution in [-0.2, 0) is 11.3 Å². The highest BCUT2D eigenvalue weighted by molar-refractivity contribution is 5.44. The van der Waals surface area contributed by atoms with Crippen LogP contribution in [0.2, 0.25) is 0 Å². The summed E-state index contributed by atoms with van der Waals surface area (Å²) in [6.45, 7) is 7.00. The molecule has 0 spiro atoms. The van der Waals surface area contributed by atoms with Crippen molar-refractivity contribution in [3.63, 3.8) is 0 Å². The van der Waals surface area contributed by atoms with Crippen LogP contribution in [0, 0.1) is 23.0 Å². The zero-order valence-corrected chi connectivity index (χ0v) is 9.90. The molecule has 0 amide bonds. The van der Waals surface area contributed by atoms with Crippen molar-refractivity contribution < 1.29 is 9.66 Å². The minimum absolute atomic E-state index is 0.158. The lowest BCUT2D eigenvalue weighted by molar-refractivity contribution is -0.385. The van der Waals surface area contributed by atoms with Gasteiger partial charge in [0.15, 0.2) is 0 Å². The maximum atomic E-state index is 10.7. The van der Waals surface area contributed by atoms with E-state index in [1.807, 2.05) is 6.07 Å². The molecule has 16 heavy (non-hydrogen) atoms. The van der Waals surface area contributed by atoms with Crippen molar-refractivity contribution in [2.75, 3.05) is 6.61 Å². The van der Waals surface area contributed by atoms with E-state index in [0.29, 0.717) is 24.7 Å². The normalized spacial score (nSPS) is 10.8. The summed E-state index contributed by atoms with van der Waals surface area (Å²) in [6.07, 6.45) is 0. The largest absolute Gasteiger partial charge is 0.376 e. The zero-order valence-electron chi connectivity index (χ0n) is 9.90. The van der Waals surface area contributed by atoms with E-state index in [0.717, 1.165) is 5.56 Å². The molecule has 1 aromatic rings. The maximum Gasteiger partial charge on any atom is 0.272 e. The molecule has 0 atom stereocenters. The first-order chi connectivity index (χ1) is 7.52. The first-order valence-electron chi connectivity index (χ1n) is 5.33. The summed E-state index contributed by atoms with van der Waals surface area (Å²) in [5.74, 6) is 0.471. The summed E-state index contributed by atoms with van der Waals surface area (Å²) < 4.78 is 5.47. The van der Waals surface area contributed by atoms with Gasteiger partial charge in [-0.3, -0.25) is 10.1 Å². The second-order valence-corrected chi connectivity index (χ2v) is 4.23. The van der Waals surface area contributed by atoms with Gasteiger partial charge in [-0.2, -0.15) is 0 Å². The van der Waals surface area contributed by atoms with E-state index in [9.17, 15) is 10.1 Å². The Morgan fingerprint density at radius 2 is 2.12 bits per heavy atom. The molecule has 0 N–H and O–H groups in total. The van der Waals surface area contributed by atoms with Crippen LogP contribution in [-0.4, -0.2) is 11.5 Å². The Balaban J connectivity index is 2.73. The molecule has 0 heterocycles. The molecule has 88 valence electrons. The molecule has 0 aliphatic heterocycles. The van der Waals surface area contributed by atoms with Crippen LogP contribution in [0.15, 0.2) is 18.2 Å². The maximum absolute atomic E-state index is 10.7. The zero-order chi connectivity index (χ0) is 12.1. The summed E-state index contributed by atoms with van der Waals surface area (Å²) in [5, 5.41) is 10.7. The van der Waals surface area contributed by atoms with Gasteiger partial charge >= 0.3 is 0 Å². The van der Waals surface area contributed by atoms with Gasteiger partial charge in [0.1, 0.15) is 0 Å². The van der Waals surface area contributed by atoms with Crippen LogP contribution < -0.4 is 0 Å². The Morgan fingerprint density at radius 3 is 2.69 bits per heavy atom. The van der Waals surface area contributed by atoms with E-state index < -0.39 is 0 Å². The van der Waals surface area contributed by atoms with Gasteiger partial charge in [0, 0.05) is 18.2 Å². The van der Waals surface area contributed by atoms with Gasteiger partial charge in [-0.15, -0.1) is 0 Å².